The van der Waals surface area contributed by atoms with Crippen LogP contribution >= 0.6 is 12.4 Å². The number of nitrogens with two attached hydrogens (primary N) is 1. The lowest BCUT2D eigenvalue weighted by molar-refractivity contribution is 0.0527. The van der Waals surface area contributed by atoms with Gasteiger partial charge in [0.1, 0.15) is 5.56 Å². The molecule has 74 valence electrons. The number of hydrogen-bond acceptors (Lipinski definition) is 5. The SMILES string of the molecule is CCOC(=O)c1cn[nH]c1NN.Cl. The van der Waals surface area contributed by atoms with Crippen molar-refractivity contribution in [2.24, 2.45) is 5.84 Å². The van der Waals surface area contributed by atoms with Gasteiger partial charge < -0.3 is 10.2 Å². The molecule has 0 unspecified atom stereocenters. The number of aromatic amines is 1. The third-order valence-electron chi connectivity index (χ3n) is 1.28. The van der Waals surface area contributed by atoms with E-state index >= 15 is 0 Å². The highest BCUT2D eigenvalue weighted by atomic mass is 35.5. The van der Waals surface area contributed by atoms with Crippen LogP contribution in [0, 0.1) is 0 Å². The molecule has 1 aromatic heterocycles. The van der Waals surface area contributed by atoms with Gasteiger partial charge in [-0.3, -0.25) is 5.10 Å². The third kappa shape index (κ3) is 2.60. The molecule has 0 aliphatic rings. The van der Waals surface area contributed by atoms with Crippen LogP contribution in [0.5, 0.6) is 0 Å². The van der Waals surface area contributed by atoms with E-state index in [2.05, 4.69) is 15.6 Å². The molecule has 0 aromatic carbocycles. The van der Waals surface area contributed by atoms with Crippen molar-refractivity contribution in [3.05, 3.63) is 11.8 Å². The maximum atomic E-state index is 11.1. The van der Waals surface area contributed by atoms with Crippen molar-refractivity contribution in [3.63, 3.8) is 0 Å². The summed E-state index contributed by atoms with van der Waals surface area (Å²) in [5, 5.41) is 6.14. The van der Waals surface area contributed by atoms with Crippen molar-refractivity contribution < 1.29 is 9.53 Å². The second kappa shape index (κ2) is 5.39. The molecule has 0 radical (unpaired) electrons. The minimum absolute atomic E-state index is 0. The van der Waals surface area contributed by atoms with Gasteiger partial charge in [0, 0.05) is 0 Å². The molecule has 4 N–H and O–H groups in total. The Labute approximate surface area is 81.2 Å². The average molecular weight is 207 g/mol. The predicted octanol–water partition coefficient (Wildman–Crippen LogP) is 0.294. The van der Waals surface area contributed by atoms with Crippen LogP contribution in [-0.2, 0) is 4.74 Å². The molecule has 0 spiro atoms. The lowest BCUT2D eigenvalue weighted by Crippen LogP contribution is -2.12. The predicted molar refractivity (Wildman–Crippen MR) is 49.6 cm³/mol. The summed E-state index contributed by atoms with van der Waals surface area (Å²) in [7, 11) is 0. The molecule has 0 aliphatic carbocycles. The van der Waals surface area contributed by atoms with E-state index in [-0.39, 0.29) is 12.4 Å². The van der Waals surface area contributed by atoms with Crippen LogP contribution in [0.15, 0.2) is 6.20 Å². The van der Waals surface area contributed by atoms with Crippen molar-refractivity contribution in [1.29, 1.82) is 0 Å². The molecule has 1 heterocycles. The quantitative estimate of drug-likeness (QED) is 0.376. The summed E-state index contributed by atoms with van der Waals surface area (Å²) in [5.41, 5.74) is 2.60. The highest BCUT2D eigenvalue weighted by Crippen LogP contribution is 2.09. The van der Waals surface area contributed by atoms with Gasteiger partial charge in [0.15, 0.2) is 5.82 Å². The van der Waals surface area contributed by atoms with E-state index in [1.165, 1.54) is 6.20 Å². The summed E-state index contributed by atoms with van der Waals surface area (Å²) in [6.45, 7) is 2.06. The number of H-pyrrole nitrogens is 1. The zero-order valence-corrected chi connectivity index (χ0v) is 7.85. The Balaban J connectivity index is 0.00000144. The molecular weight excluding hydrogens is 196 g/mol. The minimum Gasteiger partial charge on any atom is -0.462 e. The summed E-state index contributed by atoms with van der Waals surface area (Å²) in [6, 6.07) is 0. The third-order valence-corrected chi connectivity index (χ3v) is 1.28. The van der Waals surface area contributed by atoms with Gasteiger partial charge in [0.05, 0.1) is 12.8 Å². The molecule has 1 rings (SSSR count). The van der Waals surface area contributed by atoms with E-state index in [1.807, 2.05) is 0 Å². The maximum Gasteiger partial charge on any atom is 0.343 e. The molecule has 0 bridgehead atoms. The molecule has 0 amide bonds. The Kier molecular flexibility index (Phi) is 4.86. The Morgan fingerprint density at radius 1 is 1.85 bits per heavy atom. The van der Waals surface area contributed by atoms with Crippen LogP contribution < -0.4 is 11.3 Å². The first-order valence-electron chi connectivity index (χ1n) is 3.46. The van der Waals surface area contributed by atoms with Crippen molar-refractivity contribution in [1.82, 2.24) is 10.2 Å². The van der Waals surface area contributed by atoms with Gasteiger partial charge in [0.2, 0.25) is 0 Å². The lowest BCUT2D eigenvalue weighted by atomic mass is 10.3. The lowest BCUT2D eigenvalue weighted by Gasteiger charge is -2.00. The van der Waals surface area contributed by atoms with Crippen LogP contribution in [0.3, 0.4) is 0 Å². The molecule has 0 aliphatic heterocycles. The smallest absolute Gasteiger partial charge is 0.343 e. The zero-order chi connectivity index (χ0) is 8.97. The highest BCUT2D eigenvalue weighted by Gasteiger charge is 2.13. The number of hydrogen-bond donors (Lipinski definition) is 3. The number of rotatable bonds is 3. The van der Waals surface area contributed by atoms with Crippen molar-refractivity contribution in [3.8, 4) is 0 Å². The Morgan fingerprint density at radius 2 is 2.54 bits per heavy atom. The minimum atomic E-state index is -0.445. The summed E-state index contributed by atoms with van der Waals surface area (Å²) < 4.78 is 4.73. The normalized spacial score (nSPS) is 8.77. The van der Waals surface area contributed by atoms with E-state index in [1.54, 1.807) is 6.92 Å². The standard InChI is InChI=1S/C6H10N4O2.ClH/c1-2-12-6(11)4-3-8-10-5(4)9-7;/h3H,2,7H2,1H3,(H2,8,9,10);1H. The molecule has 0 atom stereocenters. The van der Waals surface area contributed by atoms with Crippen LogP contribution in [0.2, 0.25) is 0 Å². The monoisotopic (exact) mass is 206 g/mol. The molecular formula is C6H11ClN4O2. The number of nitrogens with zero attached hydrogens (tertiary/aromatic N) is 1. The number of aromatic nitrogens is 2. The largest absolute Gasteiger partial charge is 0.462 e. The first kappa shape index (κ1) is 11.7. The van der Waals surface area contributed by atoms with Crippen LogP contribution in [-0.4, -0.2) is 22.8 Å². The first-order valence-corrected chi connectivity index (χ1v) is 3.46. The molecule has 13 heavy (non-hydrogen) atoms. The molecule has 0 saturated carbocycles. The number of esters is 1. The number of nitrogen functional groups attached to an aromatic ring is 1. The van der Waals surface area contributed by atoms with Crippen molar-refractivity contribution in [2.45, 2.75) is 6.92 Å². The van der Waals surface area contributed by atoms with E-state index in [0.29, 0.717) is 18.0 Å². The van der Waals surface area contributed by atoms with Crippen LogP contribution in [0.1, 0.15) is 17.3 Å². The van der Waals surface area contributed by atoms with Gasteiger partial charge in [-0.2, -0.15) is 5.10 Å². The highest BCUT2D eigenvalue weighted by molar-refractivity contribution is 5.94. The topological polar surface area (TPSA) is 93.0 Å². The van der Waals surface area contributed by atoms with Gasteiger partial charge in [-0.05, 0) is 6.92 Å². The van der Waals surface area contributed by atoms with Gasteiger partial charge in [-0.25, -0.2) is 10.6 Å². The number of ether oxygens (including phenoxy) is 1. The maximum absolute atomic E-state index is 11.1. The summed E-state index contributed by atoms with van der Waals surface area (Å²) in [5.74, 6) is 5.01. The van der Waals surface area contributed by atoms with Crippen molar-refractivity contribution in [2.75, 3.05) is 12.0 Å². The van der Waals surface area contributed by atoms with Crippen molar-refractivity contribution >= 4 is 24.2 Å². The second-order valence-corrected chi connectivity index (χ2v) is 2.02. The average Bonchev–Trinajstić information content (AvgIpc) is 2.51. The molecule has 0 fully saturated rings. The number of nitrogens with one attached hydrogen (secondary N) is 2. The number of halogens is 1. The summed E-state index contributed by atoms with van der Waals surface area (Å²) in [6.07, 6.45) is 1.35. The van der Waals surface area contributed by atoms with Gasteiger partial charge >= 0.3 is 5.97 Å². The Morgan fingerprint density at radius 3 is 3.08 bits per heavy atom. The van der Waals surface area contributed by atoms with E-state index < -0.39 is 5.97 Å². The fourth-order valence-corrected chi connectivity index (χ4v) is 0.760. The van der Waals surface area contributed by atoms with Gasteiger partial charge in [0.25, 0.3) is 0 Å². The fraction of sp³-hybridized carbons (Fsp3) is 0.333. The van der Waals surface area contributed by atoms with E-state index in [4.69, 9.17) is 10.6 Å². The van der Waals surface area contributed by atoms with Crippen LogP contribution in [0.25, 0.3) is 0 Å². The number of carbonyl (C=O) groups is 1. The fourth-order valence-electron chi connectivity index (χ4n) is 0.760. The summed E-state index contributed by atoms with van der Waals surface area (Å²) >= 11 is 0. The Bertz CT molecular complexity index is 275. The van der Waals surface area contributed by atoms with Gasteiger partial charge in [-0.15, -0.1) is 12.4 Å². The van der Waals surface area contributed by atoms with E-state index in [0.717, 1.165) is 0 Å². The number of anilines is 1. The first-order chi connectivity index (χ1) is 5.79. The van der Waals surface area contributed by atoms with E-state index in [9.17, 15) is 4.79 Å². The molecule has 6 nitrogen and oxygen atoms in total. The number of hydrazine groups is 1. The Hall–Kier alpha value is -1.27. The van der Waals surface area contributed by atoms with Gasteiger partial charge in [-0.1, -0.05) is 0 Å². The second-order valence-electron chi connectivity index (χ2n) is 2.02. The summed E-state index contributed by atoms with van der Waals surface area (Å²) in [4.78, 5) is 11.1. The molecule has 0 saturated heterocycles. The zero-order valence-electron chi connectivity index (χ0n) is 7.03. The number of carbonyl (C=O) groups excluding carboxylic acids is 1. The molecule has 1 aromatic rings. The molecule has 7 heteroatoms. The van der Waals surface area contributed by atoms with Crippen LogP contribution in [0.4, 0.5) is 5.82 Å².